The molecule has 4 N–H and O–H groups in total. The predicted octanol–water partition coefficient (Wildman–Crippen LogP) is 1.60. The lowest BCUT2D eigenvalue weighted by Gasteiger charge is -2.32. The monoisotopic (exact) mass is 374 g/mol. The Morgan fingerprint density at radius 1 is 1.22 bits per heavy atom. The van der Waals surface area contributed by atoms with Gasteiger partial charge in [0.05, 0.1) is 12.6 Å². The molecule has 2 aromatic carbocycles. The van der Waals surface area contributed by atoms with Crippen molar-refractivity contribution in [1.29, 1.82) is 0 Å². The van der Waals surface area contributed by atoms with Crippen molar-refractivity contribution in [1.82, 2.24) is 5.32 Å². The first-order valence-corrected chi connectivity index (χ1v) is 8.38. The Hall–Kier alpha value is -3.13. The molecule has 2 aromatic rings. The lowest BCUT2D eigenvalue weighted by Crippen LogP contribution is -2.51. The van der Waals surface area contributed by atoms with Crippen molar-refractivity contribution in [3.05, 3.63) is 59.4 Å². The van der Waals surface area contributed by atoms with Crippen LogP contribution in [0, 0.1) is 5.82 Å². The van der Waals surface area contributed by atoms with Crippen molar-refractivity contribution in [2.45, 2.75) is 18.6 Å². The van der Waals surface area contributed by atoms with Gasteiger partial charge in [0.25, 0.3) is 5.91 Å². The van der Waals surface area contributed by atoms with Crippen LogP contribution in [0.5, 0.6) is 11.5 Å². The zero-order valence-electron chi connectivity index (χ0n) is 14.4. The van der Waals surface area contributed by atoms with Crippen molar-refractivity contribution < 1.29 is 28.6 Å². The van der Waals surface area contributed by atoms with Crippen LogP contribution in [-0.2, 0) is 4.74 Å². The molecule has 0 bridgehead atoms. The summed E-state index contributed by atoms with van der Waals surface area (Å²) in [6.45, 7) is 0.639. The van der Waals surface area contributed by atoms with E-state index in [0.29, 0.717) is 24.3 Å². The highest BCUT2D eigenvalue weighted by Gasteiger charge is 2.30. The molecular formula is C19H19FN2O5. The number of phenols is 1. The van der Waals surface area contributed by atoms with Crippen LogP contribution in [0.2, 0.25) is 0 Å². The summed E-state index contributed by atoms with van der Waals surface area (Å²) in [5.74, 6) is -2.03. The van der Waals surface area contributed by atoms with Crippen LogP contribution in [-0.4, -0.2) is 42.3 Å². The molecule has 7 nitrogen and oxygen atoms in total. The van der Waals surface area contributed by atoms with Gasteiger partial charge in [-0.1, -0.05) is 6.07 Å². The van der Waals surface area contributed by atoms with Gasteiger partial charge in [0, 0.05) is 12.2 Å². The fourth-order valence-corrected chi connectivity index (χ4v) is 2.84. The van der Waals surface area contributed by atoms with Crippen molar-refractivity contribution in [3.8, 4) is 11.5 Å². The summed E-state index contributed by atoms with van der Waals surface area (Å²) in [7, 11) is 0. The van der Waals surface area contributed by atoms with Gasteiger partial charge in [-0.15, -0.1) is 0 Å². The Balaban J connectivity index is 1.71. The molecule has 142 valence electrons. The van der Waals surface area contributed by atoms with Gasteiger partial charge in [-0.25, -0.2) is 4.39 Å². The van der Waals surface area contributed by atoms with Gasteiger partial charge in [0.2, 0.25) is 5.91 Å². The molecule has 0 saturated carbocycles. The van der Waals surface area contributed by atoms with Gasteiger partial charge in [0.1, 0.15) is 29.0 Å². The molecule has 3 rings (SSSR count). The van der Waals surface area contributed by atoms with Crippen LogP contribution < -0.4 is 15.8 Å². The number of hydrogen-bond acceptors (Lipinski definition) is 5. The zero-order chi connectivity index (χ0) is 19.4. The molecule has 1 aliphatic rings. The Bertz CT molecular complexity index is 820. The van der Waals surface area contributed by atoms with E-state index in [1.54, 1.807) is 12.1 Å². The van der Waals surface area contributed by atoms with Crippen LogP contribution in [0.15, 0.2) is 42.5 Å². The highest BCUT2D eigenvalue weighted by atomic mass is 19.1. The van der Waals surface area contributed by atoms with Crippen molar-refractivity contribution >= 4 is 11.8 Å². The molecule has 0 spiro atoms. The molecule has 27 heavy (non-hydrogen) atoms. The van der Waals surface area contributed by atoms with Gasteiger partial charge in [-0.2, -0.15) is 0 Å². The Kier molecular flexibility index (Phi) is 5.56. The third-order valence-electron chi connectivity index (χ3n) is 4.27. The van der Waals surface area contributed by atoms with E-state index in [9.17, 15) is 19.1 Å². The van der Waals surface area contributed by atoms with Gasteiger partial charge >= 0.3 is 0 Å². The quantitative estimate of drug-likeness (QED) is 0.736. The molecular weight excluding hydrogens is 355 g/mol. The molecule has 2 amide bonds. The zero-order valence-corrected chi connectivity index (χ0v) is 14.4. The van der Waals surface area contributed by atoms with Crippen molar-refractivity contribution in [2.75, 3.05) is 13.2 Å². The Morgan fingerprint density at radius 3 is 2.63 bits per heavy atom. The smallest absolute Gasteiger partial charge is 0.258 e. The molecule has 1 heterocycles. The van der Waals surface area contributed by atoms with Gasteiger partial charge in [-0.05, 0) is 42.8 Å². The van der Waals surface area contributed by atoms with E-state index in [2.05, 4.69) is 5.32 Å². The minimum Gasteiger partial charge on any atom is -0.507 e. The first kappa shape index (κ1) is 18.7. The summed E-state index contributed by atoms with van der Waals surface area (Å²) in [5, 5.41) is 12.5. The second-order valence-corrected chi connectivity index (χ2v) is 6.12. The normalized spacial score (nSPS) is 19.3. The number of ether oxygens (including phenoxy) is 2. The average Bonchev–Trinajstić information content (AvgIpc) is 2.63. The number of amides is 2. The number of rotatable bonds is 5. The van der Waals surface area contributed by atoms with Crippen molar-refractivity contribution in [3.63, 3.8) is 0 Å². The summed E-state index contributed by atoms with van der Waals surface area (Å²) in [6.07, 6.45) is -0.0543. The molecule has 8 heteroatoms. The number of hydrogen-bond donors (Lipinski definition) is 3. The van der Waals surface area contributed by atoms with Gasteiger partial charge in [-0.3, -0.25) is 9.59 Å². The lowest BCUT2D eigenvalue weighted by molar-refractivity contribution is -0.0135. The number of aromatic hydroxyl groups is 1. The largest absolute Gasteiger partial charge is 0.507 e. The maximum atomic E-state index is 13.9. The van der Waals surface area contributed by atoms with E-state index < -0.39 is 41.1 Å². The van der Waals surface area contributed by atoms with E-state index in [1.807, 2.05) is 0 Å². The molecule has 0 aromatic heterocycles. The van der Waals surface area contributed by atoms with Crippen LogP contribution in [0.25, 0.3) is 0 Å². The number of nitrogens with two attached hydrogens (primary N) is 1. The maximum Gasteiger partial charge on any atom is 0.258 e. The van der Waals surface area contributed by atoms with Crippen molar-refractivity contribution in [2.24, 2.45) is 5.73 Å². The molecule has 0 unspecified atom stereocenters. The summed E-state index contributed by atoms with van der Waals surface area (Å²) in [5.41, 5.74) is 5.15. The summed E-state index contributed by atoms with van der Waals surface area (Å²) < 4.78 is 25.1. The third-order valence-corrected chi connectivity index (χ3v) is 4.27. The lowest BCUT2D eigenvalue weighted by atomic mass is 10.0. The summed E-state index contributed by atoms with van der Waals surface area (Å²) in [4.78, 5) is 23.5. The summed E-state index contributed by atoms with van der Waals surface area (Å²) in [6, 6.07) is 9.48. The minimum absolute atomic E-state index is 0.228. The van der Waals surface area contributed by atoms with E-state index in [4.69, 9.17) is 15.2 Å². The second-order valence-electron chi connectivity index (χ2n) is 6.12. The van der Waals surface area contributed by atoms with Crippen LogP contribution in [0.4, 0.5) is 4.39 Å². The summed E-state index contributed by atoms with van der Waals surface area (Å²) >= 11 is 0. The average molecular weight is 374 g/mol. The van der Waals surface area contributed by atoms with Gasteiger partial charge in [0.15, 0.2) is 0 Å². The second kappa shape index (κ2) is 8.05. The van der Waals surface area contributed by atoms with E-state index in [0.717, 1.165) is 6.07 Å². The van der Waals surface area contributed by atoms with Crippen LogP contribution >= 0.6 is 0 Å². The molecule has 1 aliphatic heterocycles. The number of carbonyl (C=O) groups is 2. The fourth-order valence-electron chi connectivity index (χ4n) is 2.84. The Labute approximate surface area is 154 Å². The highest BCUT2D eigenvalue weighted by molar-refractivity contribution is 5.97. The maximum absolute atomic E-state index is 13.9. The van der Waals surface area contributed by atoms with Gasteiger partial charge < -0.3 is 25.6 Å². The standard InChI is InChI=1S/C19H19FN2O5/c20-13-2-1-3-15(23)17(13)19(25)22-14-8-9-26-10-16(14)27-12-6-4-11(5-7-12)18(21)24/h1-7,14,16,23H,8-10H2,(H2,21,24)(H,22,25)/t14-,16-/m1/s1. The van der Waals surface area contributed by atoms with E-state index >= 15 is 0 Å². The number of primary amides is 1. The third kappa shape index (κ3) is 4.35. The number of nitrogens with one attached hydrogen (secondary N) is 1. The van der Waals surface area contributed by atoms with E-state index in [1.165, 1.54) is 24.3 Å². The number of carbonyl (C=O) groups excluding carboxylic acids is 2. The SMILES string of the molecule is NC(=O)c1ccc(O[C@@H]2COCC[C@H]2NC(=O)c2c(O)cccc2F)cc1. The first-order chi connectivity index (χ1) is 13.0. The number of phenolic OH excluding ortho intramolecular Hbond substituents is 1. The van der Waals surface area contributed by atoms with Crippen LogP contribution in [0.3, 0.4) is 0 Å². The molecule has 0 radical (unpaired) electrons. The molecule has 0 aliphatic carbocycles. The number of benzene rings is 2. The van der Waals surface area contributed by atoms with Crippen LogP contribution in [0.1, 0.15) is 27.1 Å². The minimum atomic E-state index is -0.806. The molecule has 1 saturated heterocycles. The van der Waals surface area contributed by atoms with E-state index in [-0.39, 0.29) is 6.61 Å². The highest BCUT2D eigenvalue weighted by Crippen LogP contribution is 2.22. The topological polar surface area (TPSA) is 111 Å². The fraction of sp³-hybridized carbons (Fsp3) is 0.263. The predicted molar refractivity (Wildman–Crippen MR) is 94.1 cm³/mol. The molecule has 1 fully saturated rings. The number of halogens is 1. The first-order valence-electron chi connectivity index (χ1n) is 8.38. The Morgan fingerprint density at radius 2 is 1.96 bits per heavy atom. The molecule has 2 atom stereocenters.